The Bertz CT molecular complexity index is 734. The standard InChI is InChI=1S/C14H4Br2Cl2O2/c15-9-7-8(11(17)12(18)10(9)16)14(20)6-4-2-1-3-5(6)13(7)19/h1-4H. The summed E-state index contributed by atoms with van der Waals surface area (Å²) in [6.07, 6.45) is 0. The van der Waals surface area contributed by atoms with Crippen molar-refractivity contribution in [2.45, 2.75) is 0 Å². The lowest BCUT2D eigenvalue weighted by Gasteiger charge is -2.21. The van der Waals surface area contributed by atoms with Crippen LogP contribution in [0.3, 0.4) is 0 Å². The van der Waals surface area contributed by atoms with Gasteiger partial charge in [-0.3, -0.25) is 9.59 Å². The summed E-state index contributed by atoms with van der Waals surface area (Å²) < 4.78 is 0.901. The van der Waals surface area contributed by atoms with Gasteiger partial charge in [0.25, 0.3) is 0 Å². The monoisotopic (exact) mass is 432 g/mol. The van der Waals surface area contributed by atoms with Gasteiger partial charge in [-0.1, -0.05) is 47.5 Å². The van der Waals surface area contributed by atoms with Gasteiger partial charge in [-0.25, -0.2) is 0 Å². The molecule has 3 rings (SSSR count). The topological polar surface area (TPSA) is 34.1 Å². The van der Waals surface area contributed by atoms with Crippen LogP contribution in [0.4, 0.5) is 0 Å². The number of rotatable bonds is 0. The van der Waals surface area contributed by atoms with Gasteiger partial charge in [-0.05, 0) is 31.9 Å². The lowest BCUT2D eigenvalue weighted by Crippen LogP contribution is -2.22. The third-order valence-corrected chi connectivity index (χ3v) is 6.34. The molecule has 0 spiro atoms. The molecule has 0 saturated heterocycles. The van der Waals surface area contributed by atoms with Crippen molar-refractivity contribution in [1.29, 1.82) is 0 Å². The summed E-state index contributed by atoms with van der Waals surface area (Å²) in [6.45, 7) is 0. The Morgan fingerprint density at radius 1 is 0.750 bits per heavy atom. The molecule has 2 aromatic rings. The van der Waals surface area contributed by atoms with E-state index in [0.717, 1.165) is 0 Å². The fraction of sp³-hybridized carbons (Fsp3) is 0. The molecule has 0 amide bonds. The molecule has 0 aromatic heterocycles. The molecule has 6 heteroatoms. The number of carbonyl (C=O) groups excluding carboxylic acids is 2. The first-order valence-corrected chi connectivity index (χ1v) is 7.83. The Kier molecular flexibility index (Phi) is 3.53. The maximum Gasteiger partial charge on any atom is 0.196 e. The van der Waals surface area contributed by atoms with Gasteiger partial charge in [0.05, 0.1) is 25.6 Å². The lowest BCUT2D eigenvalue weighted by molar-refractivity contribution is 0.0978. The van der Waals surface area contributed by atoms with E-state index in [4.69, 9.17) is 23.2 Å². The number of carbonyl (C=O) groups is 2. The molecular weight excluding hydrogens is 431 g/mol. The van der Waals surface area contributed by atoms with E-state index in [9.17, 15) is 9.59 Å². The molecule has 0 atom stereocenters. The smallest absolute Gasteiger partial charge is 0.196 e. The van der Waals surface area contributed by atoms with E-state index >= 15 is 0 Å². The van der Waals surface area contributed by atoms with Crippen LogP contribution in [0.5, 0.6) is 0 Å². The van der Waals surface area contributed by atoms with Crippen LogP contribution in [0.15, 0.2) is 33.2 Å². The van der Waals surface area contributed by atoms with Gasteiger partial charge in [0, 0.05) is 15.6 Å². The van der Waals surface area contributed by atoms with Crippen LogP contribution in [-0.2, 0) is 0 Å². The molecule has 0 saturated carbocycles. The van der Waals surface area contributed by atoms with E-state index in [-0.39, 0.29) is 32.7 Å². The number of hydrogen-bond donors (Lipinski definition) is 0. The number of benzene rings is 2. The second-order valence-corrected chi connectivity index (χ2v) is 6.55. The minimum Gasteiger partial charge on any atom is -0.289 e. The Hall–Kier alpha value is -0.680. The van der Waals surface area contributed by atoms with Gasteiger partial charge < -0.3 is 0 Å². The maximum atomic E-state index is 12.6. The third-order valence-electron chi connectivity index (χ3n) is 3.14. The molecule has 0 aliphatic heterocycles. The van der Waals surface area contributed by atoms with Crippen molar-refractivity contribution in [1.82, 2.24) is 0 Å². The Balaban J connectivity index is 2.46. The summed E-state index contributed by atoms with van der Waals surface area (Å²) in [6, 6.07) is 6.66. The van der Waals surface area contributed by atoms with Crippen LogP contribution in [0, 0.1) is 0 Å². The molecule has 2 aromatic carbocycles. The van der Waals surface area contributed by atoms with Crippen molar-refractivity contribution in [2.75, 3.05) is 0 Å². The van der Waals surface area contributed by atoms with Gasteiger partial charge >= 0.3 is 0 Å². The molecule has 0 bridgehead atoms. The van der Waals surface area contributed by atoms with Gasteiger partial charge in [-0.15, -0.1) is 0 Å². The predicted molar refractivity (Wildman–Crippen MR) is 85.2 cm³/mol. The fourth-order valence-corrected chi connectivity index (χ4v) is 3.87. The van der Waals surface area contributed by atoms with E-state index in [0.29, 0.717) is 20.1 Å². The number of hydrogen-bond acceptors (Lipinski definition) is 2. The van der Waals surface area contributed by atoms with Crippen molar-refractivity contribution in [3.63, 3.8) is 0 Å². The Labute approximate surface area is 141 Å². The average molecular weight is 435 g/mol. The molecule has 20 heavy (non-hydrogen) atoms. The van der Waals surface area contributed by atoms with Crippen LogP contribution < -0.4 is 0 Å². The largest absolute Gasteiger partial charge is 0.289 e. The van der Waals surface area contributed by atoms with Crippen LogP contribution in [0.1, 0.15) is 31.8 Å². The lowest BCUT2D eigenvalue weighted by atomic mass is 9.84. The van der Waals surface area contributed by atoms with Crippen molar-refractivity contribution in [3.8, 4) is 0 Å². The molecule has 0 unspecified atom stereocenters. The third kappa shape index (κ3) is 1.82. The normalized spacial score (nSPS) is 13.2. The second kappa shape index (κ2) is 4.95. The van der Waals surface area contributed by atoms with Crippen LogP contribution in [0.25, 0.3) is 0 Å². The van der Waals surface area contributed by atoms with E-state index in [1.54, 1.807) is 24.3 Å². The summed E-state index contributed by atoms with van der Waals surface area (Å²) in [5, 5.41) is 0.294. The summed E-state index contributed by atoms with van der Waals surface area (Å²) in [5.41, 5.74) is 1.11. The number of fused-ring (bicyclic) bond motifs is 2. The van der Waals surface area contributed by atoms with E-state index in [2.05, 4.69) is 31.9 Å². The van der Waals surface area contributed by atoms with Crippen molar-refractivity contribution >= 4 is 66.6 Å². The zero-order chi connectivity index (χ0) is 14.6. The molecule has 100 valence electrons. The minimum atomic E-state index is -0.296. The Morgan fingerprint density at radius 3 is 1.80 bits per heavy atom. The molecular formula is C14H4Br2Cl2O2. The zero-order valence-corrected chi connectivity index (χ0v) is 14.3. The van der Waals surface area contributed by atoms with E-state index in [1.165, 1.54) is 0 Å². The molecule has 2 nitrogen and oxygen atoms in total. The first-order valence-electron chi connectivity index (χ1n) is 5.49. The van der Waals surface area contributed by atoms with E-state index < -0.39 is 0 Å². The van der Waals surface area contributed by atoms with Crippen molar-refractivity contribution in [2.24, 2.45) is 0 Å². The van der Waals surface area contributed by atoms with Crippen LogP contribution >= 0.6 is 55.1 Å². The van der Waals surface area contributed by atoms with Crippen LogP contribution in [0.2, 0.25) is 10.0 Å². The summed E-state index contributed by atoms with van der Waals surface area (Å²) in [5.74, 6) is -0.545. The first kappa shape index (κ1) is 14.3. The molecule has 0 heterocycles. The minimum absolute atomic E-state index is 0.0876. The molecule has 1 aliphatic carbocycles. The quantitative estimate of drug-likeness (QED) is 0.355. The number of halogens is 4. The first-order chi connectivity index (χ1) is 9.45. The maximum absolute atomic E-state index is 12.6. The highest BCUT2D eigenvalue weighted by molar-refractivity contribution is 9.13. The molecule has 0 radical (unpaired) electrons. The zero-order valence-electron chi connectivity index (χ0n) is 9.64. The van der Waals surface area contributed by atoms with Gasteiger partial charge in [0.1, 0.15) is 0 Å². The van der Waals surface area contributed by atoms with Crippen LogP contribution in [-0.4, -0.2) is 11.6 Å². The molecule has 0 N–H and O–H groups in total. The highest BCUT2D eigenvalue weighted by Crippen LogP contribution is 2.45. The van der Waals surface area contributed by atoms with Crippen molar-refractivity contribution in [3.05, 3.63) is 65.5 Å². The molecule has 1 aliphatic rings. The van der Waals surface area contributed by atoms with Crippen molar-refractivity contribution < 1.29 is 9.59 Å². The summed E-state index contributed by atoms with van der Waals surface area (Å²) in [4.78, 5) is 25.1. The fourth-order valence-electron chi connectivity index (χ4n) is 2.21. The van der Waals surface area contributed by atoms with E-state index in [1.807, 2.05) is 0 Å². The SMILES string of the molecule is O=C1c2ccccc2C(=O)c2c(Br)c(Br)c(Cl)c(Cl)c21. The second-order valence-electron chi connectivity index (χ2n) is 4.21. The predicted octanol–water partition coefficient (Wildman–Crippen LogP) is 5.29. The summed E-state index contributed by atoms with van der Waals surface area (Å²) in [7, 11) is 0. The highest BCUT2D eigenvalue weighted by atomic mass is 79.9. The average Bonchev–Trinajstić information content (AvgIpc) is 2.46. The van der Waals surface area contributed by atoms with Gasteiger partial charge in [0.15, 0.2) is 11.6 Å². The Morgan fingerprint density at radius 2 is 1.25 bits per heavy atom. The summed E-state index contributed by atoms with van der Waals surface area (Å²) >= 11 is 18.8. The number of ketones is 2. The van der Waals surface area contributed by atoms with Gasteiger partial charge in [0.2, 0.25) is 0 Å². The van der Waals surface area contributed by atoms with Gasteiger partial charge in [-0.2, -0.15) is 0 Å². The molecule has 0 fully saturated rings. The highest BCUT2D eigenvalue weighted by Gasteiger charge is 2.35.